The van der Waals surface area contributed by atoms with E-state index in [1.165, 1.54) is 51.4 Å². The summed E-state index contributed by atoms with van der Waals surface area (Å²) in [6.07, 6.45) is 42.9. The van der Waals surface area contributed by atoms with Crippen molar-refractivity contribution in [2.45, 2.75) is 174 Å². The zero-order valence-corrected chi connectivity index (χ0v) is 34.9. The topological polar surface area (TPSA) is 172 Å². The molecule has 4 N–H and O–H groups in total. The number of nitrogens with two attached hydrogens (primary N) is 1. The van der Waals surface area contributed by atoms with Gasteiger partial charge in [-0.15, -0.1) is 0 Å². The number of carbonyl (C=O) groups is 3. The molecule has 0 saturated heterocycles. The Hall–Kier alpha value is -2.82. The standard InChI is InChI=1S/C43H74NO10P/c1-3-5-7-9-11-13-15-17-19-20-21-23-24-26-28-30-32-34-41(45)51-36-39(37-52-55(49,50)53-38-40(44)43(47)48)54-42(46)35-33-31-29-27-25-22-18-16-14-12-10-8-6-4-2/h10,12,16-19,21,23,26,28,39-40H,3-9,11,13-15,20,22,24-25,27,29-38,44H2,1-2H3,(H,47,48)(H,49,50)/b12-10+,18-16+,19-17+,23-21+,28-26+/t39-,40+/m1/s1. The Morgan fingerprint density at radius 1 is 0.564 bits per heavy atom. The molecule has 0 amide bonds. The predicted octanol–water partition coefficient (Wildman–Crippen LogP) is 10.8. The first-order valence-corrected chi connectivity index (χ1v) is 22.3. The summed E-state index contributed by atoms with van der Waals surface area (Å²) >= 11 is 0. The number of hydrogen-bond donors (Lipinski definition) is 3. The molecule has 0 rings (SSSR count). The smallest absolute Gasteiger partial charge is 0.472 e. The van der Waals surface area contributed by atoms with Crippen LogP contribution in [0.5, 0.6) is 0 Å². The molecule has 55 heavy (non-hydrogen) atoms. The number of ether oxygens (including phenoxy) is 2. The number of carboxylic acid groups (broad SMARTS) is 1. The molecule has 0 aromatic rings. The van der Waals surface area contributed by atoms with Gasteiger partial charge in [-0.1, -0.05) is 139 Å². The number of allylic oxidation sites excluding steroid dienone is 10. The number of unbranched alkanes of at least 4 members (excludes halogenated alkanes) is 14. The zero-order valence-electron chi connectivity index (χ0n) is 34.0. The van der Waals surface area contributed by atoms with Gasteiger partial charge in [-0.3, -0.25) is 23.4 Å². The van der Waals surface area contributed by atoms with E-state index in [0.717, 1.165) is 64.2 Å². The monoisotopic (exact) mass is 796 g/mol. The molecule has 316 valence electrons. The Bertz CT molecular complexity index is 1170. The van der Waals surface area contributed by atoms with Crippen LogP contribution in [0, 0.1) is 0 Å². The maximum atomic E-state index is 12.6. The summed E-state index contributed by atoms with van der Waals surface area (Å²) in [5.74, 6) is -2.47. The van der Waals surface area contributed by atoms with E-state index in [0.29, 0.717) is 19.3 Å². The van der Waals surface area contributed by atoms with Gasteiger partial charge in [-0.2, -0.15) is 0 Å². The highest BCUT2D eigenvalue weighted by atomic mass is 31.2. The maximum absolute atomic E-state index is 12.6. The minimum absolute atomic E-state index is 0.132. The Morgan fingerprint density at radius 2 is 1.00 bits per heavy atom. The maximum Gasteiger partial charge on any atom is 0.472 e. The molecular formula is C43H74NO10P. The minimum Gasteiger partial charge on any atom is -0.480 e. The van der Waals surface area contributed by atoms with Gasteiger partial charge in [0.15, 0.2) is 6.10 Å². The van der Waals surface area contributed by atoms with Gasteiger partial charge in [0, 0.05) is 12.8 Å². The third kappa shape index (κ3) is 37.9. The molecule has 0 heterocycles. The molecule has 1 unspecified atom stereocenters. The van der Waals surface area contributed by atoms with Crippen molar-refractivity contribution < 1.29 is 47.5 Å². The first-order valence-electron chi connectivity index (χ1n) is 20.8. The Kier molecular flexibility index (Phi) is 36.1. The van der Waals surface area contributed by atoms with Gasteiger partial charge in [0.05, 0.1) is 13.2 Å². The largest absolute Gasteiger partial charge is 0.480 e. The van der Waals surface area contributed by atoms with Gasteiger partial charge in [0.25, 0.3) is 0 Å². The van der Waals surface area contributed by atoms with Crippen LogP contribution in [0.3, 0.4) is 0 Å². The lowest BCUT2D eigenvalue weighted by Gasteiger charge is -2.20. The number of carboxylic acids is 1. The molecular weight excluding hydrogens is 721 g/mol. The molecule has 12 heteroatoms. The zero-order chi connectivity index (χ0) is 40.7. The number of phosphoric acid groups is 1. The lowest BCUT2D eigenvalue weighted by Crippen LogP contribution is -2.34. The third-order valence-corrected chi connectivity index (χ3v) is 9.44. The average Bonchev–Trinajstić information content (AvgIpc) is 3.16. The molecule has 0 aliphatic rings. The Morgan fingerprint density at radius 3 is 1.55 bits per heavy atom. The van der Waals surface area contributed by atoms with Crippen LogP contribution in [-0.2, 0) is 37.5 Å². The van der Waals surface area contributed by atoms with Crippen LogP contribution in [0.15, 0.2) is 60.8 Å². The van der Waals surface area contributed by atoms with Gasteiger partial charge in [0.1, 0.15) is 12.6 Å². The number of rotatable bonds is 38. The van der Waals surface area contributed by atoms with E-state index in [9.17, 15) is 23.8 Å². The second kappa shape index (κ2) is 38.1. The number of aliphatic carboxylic acids is 1. The molecule has 11 nitrogen and oxygen atoms in total. The molecule has 0 aromatic carbocycles. The predicted molar refractivity (Wildman–Crippen MR) is 221 cm³/mol. The summed E-state index contributed by atoms with van der Waals surface area (Å²) in [6, 6.07) is -1.53. The number of phosphoric ester groups is 1. The van der Waals surface area contributed by atoms with E-state index < -0.39 is 51.1 Å². The first-order chi connectivity index (χ1) is 26.6. The van der Waals surface area contributed by atoms with Crippen molar-refractivity contribution in [3.8, 4) is 0 Å². The summed E-state index contributed by atoms with van der Waals surface area (Å²) in [4.78, 5) is 45.8. The van der Waals surface area contributed by atoms with Crippen molar-refractivity contribution in [3.63, 3.8) is 0 Å². The van der Waals surface area contributed by atoms with Crippen molar-refractivity contribution in [1.82, 2.24) is 0 Å². The van der Waals surface area contributed by atoms with E-state index in [2.05, 4.69) is 73.1 Å². The summed E-state index contributed by atoms with van der Waals surface area (Å²) in [5.41, 5.74) is 5.32. The quantitative estimate of drug-likeness (QED) is 0.0235. The third-order valence-electron chi connectivity index (χ3n) is 8.49. The second-order valence-corrected chi connectivity index (χ2v) is 15.2. The lowest BCUT2D eigenvalue weighted by atomic mass is 10.1. The van der Waals surface area contributed by atoms with Crippen LogP contribution in [-0.4, -0.2) is 59.9 Å². The van der Waals surface area contributed by atoms with E-state index >= 15 is 0 Å². The fourth-order valence-electron chi connectivity index (χ4n) is 5.15. The number of esters is 2. The van der Waals surface area contributed by atoms with Crippen molar-refractivity contribution in [1.29, 1.82) is 0 Å². The Balaban J connectivity index is 4.51. The molecule has 0 saturated carbocycles. The van der Waals surface area contributed by atoms with Crippen LogP contribution >= 0.6 is 7.82 Å². The fraction of sp³-hybridized carbons (Fsp3) is 0.698. The summed E-state index contributed by atoms with van der Waals surface area (Å²) in [5, 5.41) is 8.87. The Labute approximate surface area is 332 Å². The van der Waals surface area contributed by atoms with E-state index in [4.69, 9.17) is 24.8 Å². The van der Waals surface area contributed by atoms with Crippen LogP contribution < -0.4 is 5.73 Å². The van der Waals surface area contributed by atoms with E-state index in [1.807, 2.05) is 6.08 Å². The first kappa shape index (κ1) is 52.2. The van der Waals surface area contributed by atoms with Gasteiger partial charge in [-0.05, 0) is 70.6 Å². The molecule has 0 spiro atoms. The highest BCUT2D eigenvalue weighted by Crippen LogP contribution is 2.43. The van der Waals surface area contributed by atoms with Gasteiger partial charge >= 0.3 is 25.7 Å². The molecule has 0 aliphatic carbocycles. The van der Waals surface area contributed by atoms with Crippen molar-refractivity contribution >= 4 is 25.7 Å². The van der Waals surface area contributed by atoms with Gasteiger partial charge in [0.2, 0.25) is 0 Å². The summed E-state index contributed by atoms with van der Waals surface area (Å²) in [7, 11) is -4.73. The van der Waals surface area contributed by atoms with E-state index in [1.54, 1.807) is 0 Å². The molecule has 0 fully saturated rings. The summed E-state index contributed by atoms with van der Waals surface area (Å²) < 4.78 is 32.6. The molecule has 0 radical (unpaired) electrons. The fourth-order valence-corrected chi connectivity index (χ4v) is 5.93. The highest BCUT2D eigenvalue weighted by Gasteiger charge is 2.28. The van der Waals surface area contributed by atoms with Crippen molar-refractivity contribution in [2.24, 2.45) is 5.73 Å². The van der Waals surface area contributed by atoms with Crippen LogP contribution in [0.25, 0.3) is 0 Å². The van der Waals surface area contributed by atoms with Crippen molar-refractivity contribution in [2.75, 3.05) is 19.8 Å². The molecule has 0 bridgehead atoms. The molecule has 0 aliphatic heterocycles. The van der Waals surface area contributed by atoms with Crippen LogP contribution in [0.2, 0.25) is 0 Å². The van der Waals surface area contributed by atoms with Crippen molar-refractivity contribution in [3.05, 3.63) is 60.8 Å². The minimum atomic E-state index is -4.73. The molecule has 3 atom stereocenters. The SMILES string of the molecule is CCCC/C=C/C/C=C/CCCCCCCC(=O)O[C@H](COC(=O)CCC/C=C/C/C=C/C/C=C/CCCCCCCC)COP(=O)(O)OC[C@H](N)C(=O)O. The van der Waals surface area contributed by atoms with Crippen LogP contribution in [0.4, 0.5) is 0 Å². The molecule has 0 aromatic heterocycles. The van der Waals surface area contributed by atoms with Gasteiger partial charge in [-0.25, -0.2) is 4.57 Å². The van der Waals surface area contributed by atoms with Gasteiger partial charge < -0.3 is 25.2 Å². The average molecular weight is 796 g/mol. The normalized spacial score (nSPS) is 14.4. The lowest BCUT2D eigenvalue weighted by molar-refractivity contribution is -0.161. The van der Waals surface area contributed by atoms with E-state index in [-0.39, 0.29) is 19.4 Å². The highest BCUT2D eigenvalue weighted by molar-refractivity contribution is 7.47. The summed E-state index contributed by atoms with van der Waals surface area (Å²) in [6.45, 7) is 2.67. The number of hydrogen-bond acceptors (Lipinski definition) is 9. The van der Waals surface area contributed by atoms with Crippen LogP contribution in [0.1, 0.15) is 162 Å². The second-order valence-electron chi connectivity index (χ2n) is 13.8. The number of carbonyl (C=O) groups excluding carboxylic acids is 2.